The number of likely N-dealkylation sites (tertiary alicyclic amines) is 1. The van der Waals surface area contributed by atoms with E-state index in [9.17, 15) is 23.9 Å². The van der Waals surface area contributed by atoms with Crippen molar-refractivity contribution in [2.45, 2.75) is 50.9 Å². The number of halogens is 1. The molecule has 3 N–H and O–H groups in total. The van der Waals surface area contributed by atoms with E-state index < -0.39 is 53.1 Å². The van der Waals surface area contributed by atoms with Gasteiger partial charge in [-0.25, -0.2) is 4.39 Å². The molecular formula is C19H22FN3O4. The largest absolute Gasteiger partial charge is 0.392 e. The standard InChI is InChI=1S/C19H22FN3O4/c1-4-8(2)23-16(25)13-14(17(23)26)19(22-15(13)9(3)24)11-7-10(20)5-6-12(11)21-18(19)27/h5-9,13-15,22,24H,4H2,1-3H3,(H,21,27)/t8-,9-,13-,14-,15+,19+/m0/s1. The Morgan fingerprint density at radius 1 is 1.26 bits per heavy atom. The topological polar surface area (TPSA) is 98.7 Å². The summed E-state index contributed by atoms with van der Waals surface area (Å²) < 4.78 is 14.0. The number of aliphatic hydroxyl groups excluding tert-OH is 1. The highest BCUT2D eigenvalue weighted by Gasteiger charge is 2.71. The van der Waals surface area contributed by atoms with Gasteiger partial charge in [0.2, 0.25) is 17.7 Å². The number of anilines is 1. The molecule has 3 heterocycles. The number of nitrogens with zero attached hydrogens (tertiary/aromatic N) is 1. The lowest BCUT2D eigenvalue weighted by Crippen LogP contribution is -2.55. The molecular weight excluding hydrogens is 353 g/mol. The second-order valence-corrected chi connectivity index (χ2v) is 7.67. The van der Waals surface area contributed by atoms with E-state index in [1.165, 1.54) is 30.0 Å². The zero-order valence-corrected chi connectivity index (χ0v) is 15.3. The van der Waals surface area contributed by atoms with E-state index in [1.807, 2.05) is 6.92 Å². The van der Waals surface area contributed by atoms with Gasteiger partial charge < -0.3 is 10.4 Å². The monoisotopic (exact) mass is 375 g/mol. The van der Waals surface area contributed by atoms with E-state index in [0.29, 0.717) is 17.7 Å². The number of carbonyl (C=O) groups is 3. The molecule has 3 amide bonds. The smallest absolute Gasteiger partial charge is 0.250 e. The van der Waals surface area contributed by atoms with Crippen molar-refractivity contribution in [3.05, 3.63) is 29.6 Å². The number of fused-ring (bicyclic) bond motifs is 4. The predicted molar refractivity (Wildman–Crippen MR) is 93.9 cm³/mol. The van der Waals surface area contributed by atoms with Gasteiger partial charge in [0.15, 0.2) is 0 Å². The van der Waals surface area contributed by atoms with Crippen molar-refractivity contribution in [3.63, 3.8) is 0 Å². The van der Waals surface area contributed by atoms with Crippen LogP contribution in [0.3, 0.4) is 0 Å². The van der Waals surface area contributed by atoms with Crippen molar-refractivity contribution in [2.24, 2.45) is 11.8 Å². The van der Waals surface area contributed by atoms with Gasteiger partial charge in [0.25, 0.3) is 0 Å². The van der Waals surface area contributed by atoms with Crippen LogP contribution in [0.4, 0.5) is 10.1 Å². The summed E-state index contributed by atoms with van der Waals surface area (Å²) >= 11 is 0. The fourth-order valence-electron chi connectivity index (χ4n) is 4.76. The van der Waals surface area contributed by atoms with E-state index in [4.69, 9.17) is 0 Å². The zero-order valence-electron chi connectivity index (χ0n) is 15.3. The van der Waals surface area contributed by atoms with Crippen LogP contribution in [0.5, 0.6) is 0 Å². The van der Waals surface area contributed by atoms with Crippen molar-refractivity contribution < 1.29 is 23.9 Å². The molecule has 1 spiro atoms. The zero-order chi connectivity index (χ0) is 19.7. The highest BCUT2D eigenvalue weighted by atomic mass is 19.1. The molecule has 144 valence electrons. The number of benzene rings is 1. The first kappa shape index (κ1) is 18.1. The van der Waals surface area contributed by atoms with Crippen molar-refractivity contribution >= 4 is 23.4 Å². The molecule has 0 bridgehead atoms. The lowest BCUT2D eigenvalue weighted by molar-refractivity contribution is -0.145. The Labute approximate surface area is 155 Å². The maximum Gasteiger partial charge on any atom is 0.250 e. The number of aliphatic hydroxyl groups is 1. The first-order valence-corrected chi connectivity index (χ1v) is 9.18. The van der Waals surface area contributed by atoms with Gasteiger partial charge in [0.05, 0.1) is 17.9 Å². The Morgan fingerprint density at radius 2 is 1.96 bits per heavy atom. The van der Waals surface area contributed by atoms with E-state index >= 15 is 0 Å². The number of carbonyl (C=O) groups excluding carboxylic acids is 3. The minimum Gasteiger partial charge on any atom is -0.392 e. The summed E-state index contributed by atoms with van der Waals surface area (Å²) in [5, 5.41) is 16.0. The number of nitrogens with one attached hydrogen (secondary N) is 2. The summed E-state index contributed by atoms with van der Waals surface area (Å²) in [6, 6.07) is 2.77. The second kappa shape index (κ2) is 5.84. The summed E-state index contributed by atoms with van der Waals surface area (Å²) in [6.45, 7) is 5.15. The van der Waals surface area contributed by atoms with Crippen LogP contribution in [0.2, 0.25) is 0 Å². The average Bonchev–Trinajstić information content (AvgIpc) is 3.20. The van der Waals surface area contributed by atoms with E-state index in [2.05, 4.69) is 10.6 Å². The maximum atomic E-state index is 14.0. The second-order valence-electron chi connectivity index (χ2n) is 7.67. The molecule has 7 nitrogen and oxygen atoms in total. The van der Waals surface area contributed by atoms with Crippen LogP contribution in [-0.4, -0.2) is 45.9 Å². The van der Waals surface area contributed by atoms with Crippen molar-refractivity contribution in [2.75, 3.05) is 5.32 Å². The molecule has 1 aromatic carbocycles. The van der Waals surface area contributed by atoms with Crippen molar-refractivity contribution in [1.82, 2.24) is 10.2 Å². The van der Waals surface area contributed by atoms with E-state index in [0.717, 1.165) is 0 Å². The summed E-state index contributed by atoms with van der Waals surface area (Å²) in [6.07, 6.45) is -0.399. The molecule has 0 unspecified atom stereocenters. The third kappa shape index (κ3) is 2.17. The molecule has 8 heteroatoms. The SMILES string of the molecule is CC[C@H](C)N1C(=O)[C@@H]2[C@@H]([C@H](C)O)N[C@@]3(C(=O)Nc4ccc(F)cc43)[C@@H]2C1=O. The molecule has 2 saturated heterocycles. The van der Waals surface area contributed by atoms with Crippen LogP contribution >= 0.6 is 0 Å². The molecule has 1 aromatic rings. The number of hydrogen-bond acceptors (Lipinski definition) is 5. The maximum absolute atomic E-state index is 14.0. The molecule has 4 rings (SSSR count). The van der Waals surface area contributed by atoms with E-state index in [-0.39, 0.29) is 6.04 Å². The average molecular weight is 375 g/mol. The van der Waals surface area contributed by atoms with Gasteiger partial charge in [-0.2, -0.15) is 0 Å². The van der Waals surface area contributed by atoms with Crippen LogP contribution in [0.1, 0.15) is 32.8 Å². The molecule has 0 aliphatic carbocycles. The Hall–Kier alpha value is -2.32. The summed E-state index contributed by atoms with van der Waals surface area (Å²) in [5.74, 6) is -3.81. The Bertz CT molecular complexity index is 857. The van der Waals surface area contributed by atoms with Gasteiger partial charge in [0, 0.05) is 23.3 Å². The minimum absolute atomic E-state index is 0.304. The molecule has 27 heavy (non-hydrogen) atoms. The molecule has 0 radical (unpaired) electrons. The summed E-state index contributed by atoms with van der Waals surface area (Å²) in [7, 11) is 0. The highest BCUT2D eigenvalue weighted by Crippen LogP contribution is 2.53. The van der Waals surface area contributed by atoms with Crippen LogP contribution < -0.4 is 10.6 Å². The van der Waals surface area contributed by atoms with Gasteiger partial charge in [-0.3, -0.25) is 24.6 Å². The molecule has 2 fully saturated rings. The molecule has 0 aromatic heterocycles. The summed E-state index contributed by atoms with van der Waals surface area (Å²) in [4.78, 5) is 40.6. The fraction of sp³-hybridized carbons (Fsp3) is 0.526. The quantitative estimate of drug-likeness (QED) is 0.677. The Kier molecular flexibility index (Phi) is 3.91. The van der Waals surface area contributed by atoms with Gasteiger partial charge in [0.1, 0.15) is 11.4 Å². The number of imide groups is 1. The lowest BCUT2D eigenvalue weighted by Gasteiger charge is -2.31. The number of amides is 3. The van der Waals surface area contributed by atoms with E-state index in [1.54, 1.807) is 6.92 Å². The molecule has 0 saturated carbocycles. The third-order valence-corrected chi connectivity index (χ3v) is 6.20. The minimum atomic E-state index is -1.57. The third-order valence-electron chi connectivity index (χ3n) is 6.20. The molecule has 3 aliphatic rings. The normalized spacial score (nSPS) is 34.0. The van der Waals surface area contributed by atoms with Crippen LogP contribution in [0, 0.1) is 17.7 Å². The van der Waals surface area contributed by atoms with Gasteiger partial charge >= 0.3 is 0 Å². The van der Waals surface area contributed by atoms with Crippen molar-refractivity contribution in [1.29, 1.82) is 0 Å². The first-order chi connectivity index (χ1) is 12.7. The van der Waals surface area contributed by atoms with Crippen LogP contribution in [-0.2, 0) is 19.9 Å². The molecule has 6 atom stereocenters. The number of hydrogen-bond donors (Lipinski definition) is 3. The van der Waals surface area contributed by atoms with Crippen LogP contribution in [0.15, 0.2) is 18.2 Å². The van der Waals surface area contributed by atoms with Gasteiger partial charge in [-0.15, -0.1) is 0 Å². The van der Waals surface area contributed by atoms with Crippen LogP contribution in [0.25, 0.3) is 0 Å². The van der Waals surface area contributed by atoms with Gasteiger partial charge in [-0.1, -0.05) is 6.92 Å². The predicted octanol–water partition coefficient (Wildman–Crippen LogP) is 0.725. The number of rotatable bonds is 3. The Balaban J connectivity index is 1.92. The lowest BCUT2D eigenvalue weighted by atomic mass is 9.76. The highest BCUT2D eigenvalue weighted by molar-refractivity contribution is 6.15. The van der Waals surface area contributed by atoms with Gasteiger partial charge in [-0.05, 0) is 38.5 Å². The first-order valence-electron chi connectivity index (χ1n) is 9.18. The Morgan fingerprint density at radius 3 is 2.59 bits per heavy atom. The van der Waals surface area contributed by atoms with Crippen molar-refractivity contribution in [3.8, 4) is 0 Å². The fourth-order valence-corrected chi connectivity index (χ4v) is 4.76. The molecule has 3 aliphatic heterocycles. The summed E-state index contributed by atoms with van der Waals surface area (Å²) in [5.41, 5.74) is -0.863.